The third kappa shape index (κ3) is 2.79. The summed E-state index contributed by atoms with van der Waals surface area (Å²) in [4.78, 5) is 0.173. The van der Waals surface area contributed by atoms with Gasteiger partial charge in [0.25, 0.3) is 0 Å². The van der Waals surface area contributed by atoms with Crippen LogP contribution in [0.1, 0.15) is 25.8 Å². The third-order valence-corrected chi connectivity index (χ3v) is 6.01. The minimum atomic E-state index is -3.52. The molecule has 1 saturated heterocycles. The van der Waals surface area contributed by atoms with Crippen LogP contribution in [0.3, 0.4) is 0 Å². The van der Waals surface area contributed by atoms with Crippen LogP contribution in [-0.4, -0.2) is 25.3 Å². The lowest BCUT2D eigenvalue weighted by molar-refractivity contribution is 0.405. The molecule has 0 aromatic heterocycles. The SMILES string of the molecule is CC1CC(C)N(S(=O)(=O)c2ccc(CN)cc2Cl)C1. The number of halogens is 1. The highest BCUT2D eigenvalue weighted by molar-refractivity contribution is 7.89. The van der Waals surface area contributed by atoms with E-state index in [1.807, 2.05) is 6.92 Å². The van der Waals surface area contributed by atoms with Crippen molar-refractivity contribution in [2.24, 2.45) is 11.7 Å². The van der Waals surface area contributed by atoms with Gasteiger partial charge in [-0.1, -0.05) is 24.6 Å². The Labute approximate surface area is 119 Å². The molecule has 0 aliphatic carbocycles. The Balaban J connectivity index is 2.40. The molecule has 0 bridgehead atoms. The van der Waals surface area contributed by atoms with Crippen LogP contribution in [0.25, 0.3) is 0 Å². The maximum atomic E-state index is 12.6. The van der Waals surface area contributed by atoms with Crippen molar-refractivity contribution in [3.8, 4) is 0 Å². The standard InChI is InChI=1S/C13H19ClN2O2S/c1-9-5-10(2)16(8-9)19(17,18)13-4-3-11(7-15)6-12(13)14/h3-4,6,9-10H,5,7-8,15H2,1-2H3. The minimum Gasteiger partial charge on any atom is -0.326 e. The van der Waals surface area contributed by atoms with Gasteiger partial charge in [-0.05, 0) is 37.0 Å². The zero-order valence-electron chi connectivity index (χ0n) is 11.1. The molecule has 2 atom stereocenters. The first-order valence-electron chi connectivity index (χ1n) is 6.36. The van der Waals surface area contributed by atoms with Crippen molar-refractivity contribution in [2.75, 3.05) is 6.54 Å². The highest BCUT2D eigenvalue weighted by Crippen LogP contribution is 2.32. The summed E-state index contributed by atoms with van der Waals surface area (Å²) >= 11 is 6.09. The maximum Gasteiger partial charge on any atom is 0.244 e. The van der Waals surface area contributed by atoms with Crippen LogP contribution in [0, 0.1) is 5.92 Å². The lowest BCUT2D eigenvalue weighted by Gasteiger charge is -2.21. The Morgan fingerprint density at radius 2 is 2.11 bits per heavy atom. The average Bonchev–Trinajstić information content (AvgIpc) is 2.68. The maximum absolute atomic E-state index is 12.6. The van der Waals surface area contributed by atoms with Gasteiger partial charge in [-0.2, -0.15) is 4.31 Å². The van der Waals surface area contributed by atoms with E-state index in [2.05, 4.69) is 6.92 Å². The Kier molecular flexibility index (Phi) is 4.20. The normalized spacial score (nSPS) is 24.8. The van der Waals surface area contributed by atoms with Gasteiger partial charge in [-0.25, -0.2) is 8.42 Å². The van der Waals surface area contributed by atoms with E-state index < -0.39 is 10.0 Å². The van der Waals surface area contributed by atoms with Crippen LogP contribution in [0.2, 0.25) is 5.02 Å². The monoisotopic (exact) mass is 302 g/mol. The van der Waals surface area contributed by atoms with Crippen LogP contribution >= 0.6 is 11.6 Å². The third-order valence-electron chi connectivity index (χ3n) is 3.55. The average molecular weight is 303 g/mol. The van der Waals surface area contributed by atoms with E-state index in [4.69, 9.17) is 17.3 Å². The molecule has 6 heteroatoms. The molecule has 0 amide bonds. The Hall–Kier alpha value is -0.620. The topological polar surface area (TPSA) is 63.4 Å². The summed E-state index contributed by atoms with van der Waals surface area (Å²) in [6.45, 7) is 4.89. The van der Waals surface area contributed by atoms with Crippen LogP contribution in [0.5, 0.6) is 0 Å². The van der Waals surface area contributed by atoms with E-state index in [1.165, 1.54) is 0 Å². The molecular weight excluding hydrogens is 284 g/mol. The van der Waals surface area contributed by atoms with Crippen molar-refractivity contribution >= 4 is 21.6 Å². The first kappa shape index (κ1) is 14.8. The molecule has 4 nitrogen and oxygen atoms in total. The second kappa shape index (κ2) is 5.40. The van der Waals surface area contributed by atoms with Gasteiger partial charge in [0.2, 0.25) is 10.0 Å². The molecule has 1 aliphatic heterocycles. The van der Waals surface area contributed by atoms with Crippen molar-refractivity contribution in [3.05, 3.63) is 28.8 Å². The predicted octanol–water partition coefficient (Wildman–Crippen LogP) is 2.22. The minimum absolute atomic E-state index is 0.0188. The van der Waals surface area contributed by atoms with Gasteiger partial charge in [0, 0.05) is 19.1 Å². The number of sulfonamides is 1. The molecule has 1 aromatic rings. The zero-order chi connectivity index (χ0) is 14.2. The predicted molar refractivity (Wildman–Crippen MR) is 76.5 cm³/mol. The number of rotatable bonds is 3. The molecule has 2 N–H and O–H groups in total. The summed E-state index contributed by atoms with van der Waals surface area (Å²) in [6.07, 6.45) is 0.887. The van der Waals surface area contributed by atoms with E-state index >= 15 is 0 Å². The molecular formula is C13H19ClN2O2S. The smallest absolute Gasteiger partial charge is 0.244 e. The van der Waals surface area contributed by atoms with Gasteiger partial charge in [0.1, 0.15) is 4.90 Å². The quantitative estimate of drug-likeness (QED) is 0.931. The van der Waals surface area contributed by atoms with Crippen molar-refractivity contribution in [2.45, 2.75) is 37.8 Å². The number of hydrogen-bond acceptors (Lipinski definition) is 3. The highest BCUT2D eigenvalue weighted by atomic mass is 35.5. The highest BCUT2D eigenvalue weighted by Gasteiger charge is 2.36. The fourth-order valence-corrected chi connectivity index (χ4v) is 4.91. The van der Waals surface area contributed by atoms with Gasteiger partial charge < -0.3 is 5.73 Å². The van der Waals surface area contributed by atoms with Crippen molar-refractivity contribution in [1.29, 1.82) is 0 Å². The van der Waals surface area contributed by atoms with Gasteiger partial charge in [0.15, 0.2) is 0 Å². The lowest BCUT2D eigenvalue weighted by Crippen LogP contribution is -2.34. The summed E-state index contributed by atoms with van der Waals surface area (Å²) in [5.74, 6) is 0.381. The number of hydrogen-bond donors (Lipinski definition) is 1. The van der Waals surface area contributed by atoms with E-state index in [9.17, 15) is 8.42 Å². The van der Waals surface area contributed by atoms with Crippen LogP contribution in [-0.2, 0) is 16.6 Å². The van der Waals surface area contributed by atoms with Gasteiger partial charge in [0.05, 0.1) is 5.02 Å². The summed E-state index contributed by atoms with van der Waals surface area (Å²) in [6, 6.07) is 4.90. The molecule has 19 heavy (non-hydrogen) atoms. The van der Waals surface area contributed by atoms with Crippen LogP contribution in [0.15, 0.2) is 23.1 Å². The first-order chi connectivity index (χ1) is 8.86. The summed E-state index contributed by atoms with van der Waals surface area (Å²) in [5, 5.41) is 0.245. The molecule has 0 radical (unpaired) electrons. The lowest BCUT2D eigenvalue weighted by atomic mass is 10.1. The zero-order valence-corrected chi connectivity index (χ0v) is 12.7. The second-order valence-corrected chi connectivity index (χ2v) is 7.50. The summed E-state index contributed by atoms with van der Waals surface area (Å²) in [5.41, 5.74) is 6.35. The number of benzene rings is 1. The van der Waals surface area contributed by atoms with Crippen molar-refractivity contribution in [3.63, 3.8) is 0 Å². The molecule has 0 saturated carbocycles. The fraction of sp³-hybridized carbons (Fsp3) is 0.538. The molecule has 0 spiro atoms. The van der Waals surface area contributed by atoms with Gasteiger partial charge in [-0.15, -0.1) is 0 Å². The first-order valence-corrected chi connectivity index (χ1v) is 8.18. The van der Waals surface area contributed by atoms with E-state index in [0.717, 1.165) is 12.0 Å². The Bertz CT molecular complexity index is 574. The Morgan fingerprint density at radius 3 is 2.58 bits per heavy atom. The van der Waals surface area contributed by atoms with E-state index in [-0.39, 0.29) is 16.0 Å². The number of nitrogens with two attached hydrogens (primary N) is 1. The summed E-state index contributed by atoms with van der Waals surface area (Å²) in [7, 11) is -3.52. The molecule has 2 rings (SSSR count). The largest absolute Gasteiger partial charge is 0.326 e. The van der Waals surface area contributed by atoms with Gasteiger partial charge >= 0.3 is 0 Å². The molecule has 1 aromatic carbocycles. The van der Waals surface area contributed by atoms with Gasteiger partial charge in [-0.3, -0.25) is 0 Å². The summed E-state index contributed by atoms with van der Waals surface area (Å²) < 4.78 is 26.8. The number of nitrogens with zero attached hydrogens (tertiary/aromatic N) is 1. The van der Waals surface area contributed by atoms with E-state index in [0.29, 0.717) is 19.0 Å². The fourth-order valence-electron chi connectivity index (χ4n) is 2.60. The Morgan fingerprint density at radius 1 is 1.42 bits per heavy atom. The van der Waals surface area contributed by atoms with Crippen LogP contribution < -0.4 is 5.73 Å². The van der Waals surface area contributed by atoms with Crippen molar-refractivity contribution in [1.82, 2.24) is 4.31 Å². The molecule has 1 fully saturated rings. The molecule has 2 unspecified atom stereocenters. The molecule has 106 valence electrons. The van der Waals surface area contributed by atoms with Crippen molar-refractivity contribution < 1.29 is 8.42 Å². The van der Waals surface area contributed by atoms with Crippen LogP contribution in [0.4, 0.5) is 0 Å². The molecule has 1 aliphatic rings. The van der Waals surface area contributed by atoms with E-state index in [1.54, 1.807) is 22.5 Å². The second-order valence-electron chi connectivity index (χ2n) is 5.23. The molecule has 1 heterocycles.